The molecule has 0 saturated carbocycles. The molecule has 0 aliphatic heterocycles. The van der Waals surface area contributed by atoms with Crippen molar-refractivity contribution in [2.45, 2.75) is 5.75 Å². The van der Waals surface area contributed by atoms with Crippen LogP contribution in [0.3, 0.4) is 0 Å². The topological polar surface area (TPSA) is 29.1 Å². The molecule has 0 bridgehead atoms. The Labute approximate surface area is 140 Å². The molecule has 1 N–H and O–H groups in total. The molecule has 0 spiro atoms. The maximum atomic E-state index is 13.4. The van der Waals surface area contributed by atoms with E-state index in [1.807, 2.05) is 0 Å². The Morgan fingerprint density at radius 2 is 1.59 bits per heavy atom. The van der Waals surface area contributed by atoms with Gasteiger partial charge in [0.05, 0.1) is 5.75 Å². The predicted molar refractivity (Wildman–Crippen MR) is 87.6 cm³/mol. The van der Waals surface area contributed by atoms with Crippen molar-refractivity contribution in [2.75, 3.05) is 11.1 Å². The van der Waals surface area contributed by atoms with E-state index in [0.717, 1.165) is 17.7 Å². The van der Waals surface area contributed by atoms with Crippen LogP contribution in [0.2, 0.25) is 10.0 Å². The Morgan fingerprint density at radius 1 is 1.05 bits per heavy atom. The van der Waals surface area contributed by atoms with Crippen molar-refractivity contribution in [2.24, 2.45) is 0 Å². The number of nitrogens with one attached hydrogen (secondary N) is 1. The molecular formula is C15H11Cl2F2NOS. The number of halogens is 4. The standard InChI is InChI=1S/C15H11Cl2F2NOS/c16-10-3-1-4-11(17)9(10)7-22-8-14(21)20-15-12(18)5-2-6-13(15)19/h1-6H,7-8H2,(H,20,21). The highest BCUT2D eigenvalue weighted by Crippen LogP contribution is 2.28. The number of benzene rings is 2. The fraction of sp³-hybridized carbons (Fsp3) is 0.133. The van der Waals surface area contributed by atoms with Crippen molar-refractivity contribution in [1.29, 1.82) is 0 Å². The number of carbonyl (C=O) groups excluding carboxylic acids is 1. The Balaban J connectivity index is 1.91. The number of thioether (sulfide) groups is 1. The second-order valence-electron chi connectivity index (χ2n) is 4.34. The van der Waals surface area contributed by atoms with E-state index in [1.165, 1.54) is 17.8 Å². The molecule has 0 aliphatic carbocycles. The lowest BCUT2D eigenvalue weighted by Gasteiger charge is -2.08. The fourth-order valence-corrected chi connectivity index (χ4v) is 3.27. The van der Waals surface area contributed by atoms with Gasteiger partial charge >= 0.3 is 0 Å². The molecule has 0 heterocycles. The van der Waals surface area contributed by atoms with Gasteiger partial charge in [0.1, 0.15) is 17.3 Å². The summed E-state index contributed by atoms with van der Waals surface area (Å²) in [6, 6.07) is 8.53. The summed E-state index contributed by atoms with van der Waals surface area (Å²) in [5.74, 6) is -1.68. The van der Waals surface area contributed by atoms with Crippen LogP contribution in [-0.2, 0) is 10.5 Å². The van der Waals surface area contributed by atoms with Gasteiger partial charge < -0.3 is 5.32 Å². The smallest absolute Gasteiger partial charge is 0.234 e. The van der Waals surface area contributed by atoms with Gasteiger partial charge in [0.25, 0.3) is 0 Å². The maximum Gasteiger partial charge on any atom is 0.234 e. The van der Waals surface area contributed by atoms with Gasteiger partial charge in [-0.1, -0.05) is 35.3 Å². The van der Waals surface area contributed by atoms with Crippen LogP contribution < -0.4 is 5.32 Å². The zero-order chi connectivity index (χ0) is 16.1. The lowest BCUT2D eigenvalue weighted by atomic mass is 10.2. The number of anilines is 1. The molecule has 2 rings (SSSR count). The third-order valence-corrected chi connectivity index (χ3v) is 4.44. The Kier molecular flexibility index (Phi) is 6.06. The first-order valence-corrected chi connectivity index (χ1v) is 8.14. The summed E-state index contributed by atoms with van der Waals surface area (Å²) in [5.41, 5.74) is 0.282. The average molecular weight is 362 g/mol. The van der Waals surface area contributed by atoms with Crippen molar-refractivity contribution < 1.29 is 13.6 Å². The first kappa shape index (κ1) is 17.1. The third-order valence-electron chi connectivity index (χ3n) is 2.77. The predicted octanol–water partition coefficient (Wildman–Crippen LogP) is 5.14. The maximum absolute atomic E-state index is 13.4. The van der Waals surface area contributed by atoms with Gasteiger partial charge in [-0.2, -0.15) is 0 Å². The fourth-order valence-electron chi connectivity index (χ4n) is 1.71. The van der Waals surface area contributed by atoms with Crippen molar-refractivity contribution in [3.05, 3.63) is 63.6 Å². The minimum absolute atomic E-state index is 0.0231. The number of carbonyl (C=O) groups is 1. The monoisotopic (exact) mass is 361 g/mol. The number of para-hydroxylation sites is 1. The van der Waals surface area contributed by atoms with E-state index in [1.54, 1.807) is 18.2 Å². The summed E-state index contributed by atoms with van der Waals surface area (Å²) in [7, 11) is 0. The van der Waals surface area contributed by atoms with Gasteiger partial charge in [0.2, 0.25) is 5.91 Å². The van der Waals surface area contributed by atoms with E-state index >= 15 is 0 Å². The normalized spacial score (nSPS) is 10.5. The van der Waals surface area contributed by atoms with Crippen molar-refractivity contribution in [3.8, 4) is 0 Å². The van der Waals surface area contributed by atoms with Gasteiger partial charge in [-0.25, -0.2) is 8.78 Å². The minimum atomic E-state index is -0.813. The lowest BCUT2D eigenvalue weighted by Crippen LogP contribution is -2.16. The van der Waals surface area contributed by atoms with Crippen LogP contribution in [0.4, 0.5) is 14.5 Å². The molecule has 2 aromatic rings. The molecule has 0 unspecified atom stereocenters. The summed E-state index contributed by atoms with van der Waals surface area (Å²) in [6.45, 7) is 0. The van der Waals surface area contributed by atoms with Crippen LogP contribution in [0.5, 0.6) is 0 Å². The van der Waals surface area contributed by atoms with Crippen molar-refractivity contribution in [1.82, 2.24) is 0 Å². The zero-order valence-corrected chi connectivity index (χ0v) is 13.5. The SMILES string of the molecule is O=C(CSCc1c(Cl)cccc1Cl)Nc1c(F)cccc1F. The largest absolute Gasteiger partial charge is 0.320 e. The van der Waals surface area contributed by atoms with Crippen molar-refractivity contribution >= 4 is 46.6 Å². The summed E-state index contributed by atoms with van der Waals surface area (Å²) in [4.78, 5) is 11.7. The van der Waals surface area contributed by atoms with Gasteiger partial charge in [-0.05, 0) is 29.8 Å². The first-order valence-electron chi connectivity index (χ1n) is 6.23. The number of hydrogen-bond donors (Lipinski definition) is 1. The van der Waals surface area contributed by atoms with E-state index in [9.17, 15) is 13.6 Å². The summed E-state index contributed by atoms with van der Waals surface area (Å²) >= 11 is 13.3. The summed E-state index contributed by atoms with van der Waals surface area (Å²) < 4.78 is 26.8. The number of hydrogen-bond acceptors (Lipinski definition) is 2. The number of rotatable bonds is 5. The molecule has 0 atom stereocenters. The molecule has 2 nitrogen and oxygen atoms in total. The van der Waals surface area contributed by atoms with Crippen LogP contribution in [-0.4, -0.2) is 11.7 Å². The zero-order valence-electron chi connectivity index (χ0n) is 11.2. The molecule has 0 saturated heterocycles. The van der Waals surface area contributed by atoms with Gasteiger partial charge in [-0.3, -0.25) is 4.79 Å². The molecule has 0 aliphatic rings. The third kappa shape index (κ3) is 4.35. The average Bonchev–Trinajstić information content (AvgIpc) is 2.46. The quantitative estimate of drug-likeness (QED) is 0.798. The Morgan fingerprint density at radius 3 is 2.18 bits per heavy atom. The van der Waals surface area contributed by atoms with Crippen LogP contribution in [0, 0.1) is 11.6 Å². The van der Waals surface area contributed by atoms with E-state index in [-0.39, 0.29) is 5.75 Å². The molecule has 0 fully saturated rings. The molecule has 116 valence electrons. The second-order valence-corrected chi connectivity index (χ2v) is 6.14. The second kappa shape index (κ2) is 7.81. The van der Waals surface area contributed by atoms with Gasteiger partial charge in [0, 0.05) is 15.8 Å². The minimum Gasteiger partial charge on any atom is -0.320 e. The van der Waals surface area contributed by atoms with Crippen LogP contribution >= 0.6 is 35.0 Å². The highest BCUT2D eigenvalue weighted by molar-refractivity contribution is 7.99. The first-order chi connectivity index (χ1) is 10.5. The lowest BCUT2D eigenvalue weighted by molar-refractivity contribution is -0.113. The van der Waals surface area contributed by atoms with Crippen LogP contribution in [0.15, 0.2) is 36.4 Å². The van der Waals surface area contributed by atoms with Crippen LogP contribution in [0.25, 0.3) is 0 Å². The molecule has 0 aromatic heterocycles. The molecule has 0 radical (unpaired) electrons. The molecule has 1 amide bonds. The van der Waals surface area contributed by atoms with Gasteiger partial charge in [-0.15, -0.1) is 11.8 Å². The van der Waals surface area contributed by atoms with E-state index in [2.05, 4.69) is 5.32 Å². The van der Waals surface area contributed by atoms with E-state index < -0.39 is 23.2 Å². The summed E-state index contributed by atoms with van der Waals surface area (Å²) in [5, 5.41) is 3.25. The van der Waals surface area contributed by atoms with Crippen molar-refractivity contribution in [3.63, 3.8) is 0 Å². The summed E-state index contributed by atoms with van der Waals surface area (Å²) in [6.07, 6.45) is 0. The highest BCUT2D eigenvalue weighted by atomic mass is 35.5. The highest BCUT2D eigenvalue weighted by Gasteiger charge is 2.12. The molecule has 22 heavy (non-hydrogen) atoms. The van der Waals surface area contributed by atoms with E-state index in [0.29, 0.717) is 15.8 Å². The molecule has 7 heteroatoms. The Hall–Kier alpha value is -1.30. The number of amides is 1. The van der Waals surface area contributed by atoms with E-state index in [4.69, 9.17) is 23.2 Å². The van der Waals surface area contributed by atoms with Gasteiger partial charge in [0.15, 0.2) is 0 Å². The molecular weight excluding hydrogens is 351 g/mol. The van der Waals surface area contributed by atoms with Crippen LogP contribution in [0.1, 0.15) is 5.56 Å². The Bertz CT molecular complexity index is 657. The molecule has 2 aromatic carbocycles.